The number of hydrogen-bond acceptors (Lipinski definition) is 6. The van der Waals surface area contributed by atoms with Crippen molar-refractivity contribution < 1.29 is 19.0 Å². The molecule has 2 aliphatic carbocycles. The van der Waals surface area contributed by atoms with E-state index in [4.69, 9.17) is 62.7 Å². The maximum Gasteiger partial charge on any atom is 0.340 e. The third-order valence-corrected chi connectivity index (χ3v) is 16.5. The molecule has 370 valence electrons. The number of carbonyl (C=O) groups is 1. The summed E-state index contributed by atoms with van der Waals surface area (Å²) in [7, 11) is 3.53. The number of carbonyl (C=O) groups excluding carboxylic acids is 1. The predicted octanol–water partition coefficient (Wildman–Crippen LogP) is 18.1. The van der Waals surface area contributed by atoms with Crippen molar-refractivity contribution in [3.8, 4) is 11.5 Å². The zero-order valence-electron chi connectivity index (χ0n) is 42.5. The Morgan fingerprint density at radius 3 is 1.43 bits per heavy atom. The fourth-order valence-corrected chi connectivity index (χ4v) is 13.1. The van der Waals surface area contributed by atoms with E-state index >= 15 is 0 Å². The molecule has 0 spiro atoms. The highest BCUT2D eigenvalue weighted by molar-refractivity contribution is 7.80. The highest BCUT2D eigenvalue weighted by Crippen LogP contribution is 2.50. The fourth-order valence-electron chi connectivity index (χ4n) is 12.1. The Bertz CT molecular complexity index is 2600. The number of ether oxygens (including phenoxy) is 3. The summed E-state index contributed by atoms with van der Waals surface area (Å²) >= 11 is 24.2. The summed E-state index contributed by atoms with van der Waals surface area (Å²) in [6, 6.07) is 30.1. The number of cyclic esters (lactones) is 1. The van der Waals surface area contributed by atoms with Gasteiger partial charge in [-0.15, -0.1) is 23.2 Å². The van der Waals surface area contributed by atoms with Crippen molar-refractivity contribution in [1.82, 2.24) is 0 Å². The first-order valence-electron chi connectivity index (χ1n) is 25.9. The molecule has 0 aromatic heterocycles. The Kier molecular flexibility index (Phi) is 17.0. The van der Waals surface area contributed by atoms with E-state index in [2.05, 4.69) is 101 Å². The number of esters is 1. The molecule has 0 bridgehead atoms. The molecule has 0 radical (unpaired) electrons. The number of rotatable bonds is 16. The van der Waals surface area contributed by atoms with Gasteiger partial charge in [-0.3, -0.25) is 0 Å². The highest BCUT2D eigenvalue weighted by atomic mass is 35.5. The summed E-state index contributed by atoms with van der Waals surface area (Å²) in [6.45, 7) is 12.7. The molecule has 1 aliphatic heterocycles. The Morgan fingerprint density at radius 1 is 0.629 bits per heavy atom. The van der Waals surface area contributed by atoms with Crippen LogP contribution in [-0.4, -0.2) is 20.2 Å². The average Bonchev–Trinajstić information content (AvgIpc) is 3.66. The minimum atomic E-state index is -1.43. The van der Waals surface area contributed by atoms with Gasteiger partial charge in [0.15, 0.2) is 5.60 Å². The SMILES string of the molecule is CCc1c(/C(=C\C2(/C=C(/c3ccc(C4CCCCC4)cc3OC)c3ccc(C(C)Cl)c(C(C)S)c3CC)OC(=O)c3ccccc32)c2ccc(C3CCCCC3)cc2OC)ccc(C(C)Cl)c1C(C)S. The Labute approximate surface area is 439 Å². The first kappa shape index (κ1) is 52.3. The van der Waals surface area contributed by atoms with Crippen LogP contribution in [0, 0.1) is 0 Å². The average molecular weight is 1020 g/mol. The number of benzene rings is 5. The van der Waals surface area contributed by atoms with Crippen molar-refractivity contribution in [2.24, 2.45) is 0 Å². The van der Waals surface area contributed by atoms with Gasteiger partial charge >= 0.3 is 5.97 Å². The minimum Gasteiger partial charge on any atom is -0.496 e. The van der Waals surface area contributed by atoms with Crippen molar-refractivity contribution in [1.29, 1.82) is 0 Å². The van der Waals surface area contributed by atoms with E-state index in [1.165, 1.54) is 75.3 Å². The molecule has 5 aromatic rings. The van der Waals surface area contributed by atoms with Crippen molar-refractivity contribution in [2.45, 2.75) is 157 Å². The smallest absolute Gasteiger partial charge is 0.340 e. The molecule has 8 rings (SSSR count). The standard InChI is InChI=1S/C62H72Cl2O4S2/c1-9-45-49(31-29-47(37(3)63)59(45)39(5)69)54(51-27-25-43(33-57(51)66-7)41-19-13-11-14-20-41)35-62(56-24-18-17-23-53(56)61(65)68-62)36-55(50-32-30-48(38(4)64)60(40(6)70)46(50)10-2)52-28-26-44(34-58(52)67-8)42-21-15-12-16-22-42/h17-18,23-42,69-70H,9-16,19-22H2,1-8H3/b54-35+,55-36+. The number of thiol groups is 2. The van der Waals surface area contributed by atoms with Crippen LogP contribution in [0.5, 0.6) is 11.5 Å². The van der Waals surface area contributed by atoms with Gasteiger partial charge in [-0.1, -0.05) is 119 Å². The van der Waals surface area contributed by atoms with Gasteiger partial charge in [-0.25, -0.2) is 4.79 Å². The van der Waals surface area contributed by atoms with Gasteiger partial charge in [0.05, 0.1) is 30.5 Å². The van der Waals surface area contributed by atoms with E-state index in [-0.39, 0.29) is 27.2 Å². The van der Waals surface area contributed by atoms with E-state index in [0.29, 0.717) is 17.4 Å². The number of fused-ring (bicyclic) bond motifs is 1. The Balaban J connectivity index is 1.52. The summed E-state index contributed by atoms with van der Waals surface area (Å²) < 4.78 is 19.9. The molecule has 8 heteroatoms. The molecule has 70 heavy (non-hydrogen) atoms. The number of methoxy groups -OCH3 is 2. The van der Waals surface area contributed by atoms with Gasteiger partial charge < -0.3 is 14.2 Å². The van der Waals surface area contributed by atoms with Gasteiger partial charge in [0.1, 0.15) is 11.5 Å². The number of alkyl halides is 2. The zero-order chi connectivity index (χ0) is 49.9. The largest absolute Gasteiger partial charge is 0.496 e. The summed E-state index contributed by atoms with van der Waals surface area (Å²) in [5, 5.41) is -0.671. The van der Waals surface area contributed by atoms with Gasteiger partial charge in [-0.05, 0) is 175 Å². The lowest BCUT2D eigenvalue weighted by Crippen LogP contribution is -2.23. The number of halogens is 2. The van der Waals surface area contributed by atoms with Gasteiger partial charge in [0, 0.05) is 27.2 Å². The number of hydrogen-bond donors (Lipinski definition) is 2. The topological polar surface area (TPSA) is 44.8 Å². The quantitative estimate of drug-likeness (QED) is 0.0587. The predicted molar refractivity (Wildman–Crippen MR) is 300 cm³/mol. The second-order valence-corrected chi connectivity index (χ2v) is 22.8. The first-order valence-corrected chi connectivity index (χ1v) is 27.8. The maximum absolute atomic E-state index is 14.7. The second kappa shape index (κ2) is 22.8. The van der Waals surface area contributed by atoms with Crippen molar-refractivity contribution >= 4 is 65.6 Å². The monoisotopic (exact) mass is 1010 g/mol. The first-order chi connectivity index (χ1) is 33.7. The van der Waals surface area contributed by atoms with E-state index < -0.39 is 5.60 Å². The van der Waals surface area contributed by atoms with E-state index in [9.17, 15) is 4.79 Å². The fraction of sp³-hybridized carbons (Fsp3) is 0.435. The third kappa shape index (κ3) is 10.4. The zero-order valence-corrected chi connectivity index (χ0v) is 45.8. The van der Waals surface area contributed by atoms with Crippen molar-refractivity contribution in [3.05, 3.63) is 175 Å². The van der Waals surface area contributed by atoms with Crippen LogP contribution in [0.25, 0.3) is 11.1 Å². The lowest BCUT2D eigenvalue weighted by atomic mass is 9.78. The molecule has 0 N–H and O–H groups in total. The van der Waals surface area contributed by atoms with Gasteiger partial charge in [0.25, 0.3) is 0 Å². The summed E-state index contributed by atoms with van der Waals surface area (Å²) in [6.07, 6.45) is 18.0. The molecule has 2 fully saturated rings. The molecular formula is C62H72Cl2O4S2. The van der Waals surface area contributed by atoms with Crippen LogP contribution in [0.1, 0.15) is 222 Å². The molecule has 4 nitrogen and oxygen atoms in total. The van der Waals surface area contributed by atoms with Gasteiger partial charge in [-0.2, -0.15) is 25.3 Å². The Morgan fingerprint density at radius 2 is 1.04 bits per heavy atom. The molecule has 0 saturated heterocycles. The summed E-state index contributed by atoms with van der Waals surface area (Å²) in [4.78, 5) is 14.7. The molecule has 1 heterocycles. The molecule has 2 saturated carbocycles. The van der Waals surface area contributed by atoms with Crippen molar-refractivity contribution in [3.63, 3.8) is 0 Å². The molecule has 4 unspecified atom stereocenters. The normalized spacial score (nSPS) is 19.9. The Hall–Kier alpha value is -4.07. The third-order valence-electron chi connectivity index (χ3n) is 15.5. The second-order valence-electron chi connectivity index (χ2n) is 19.9. The molecular weight excluding hydrogens is 944 g/mol. The summed E-state index contributed by atoms with van der Waals surface area (Å²) in [5.41, 5.74) is 14.7. The van der Waals surface area contributed by atoms with Gasteiger partial charge in [0.2, 0.25) is 0 Å². The van der Waals surface area contributed by atoms with Crippen LogP contribution >= 0.6 is 48.5 Å². The summed E-state index contributed by atoms with van der Waals surface area (Å²) in [5.74, 6) is 2.10. The van der Waals surface area contributed by atoms with E-state index in [1.807, 2.05) is 38.1 Å². The van der Waals surface area contributed by atoms with Crippen LogP contribution in [-0.2, 0) is 23.2 Å². The molecule has 5 aromatic carbocycles. The van der Waals surface area contributed by atoms with Crippen LogP contribution in [0.4, 0.5) is 0 Å². The maximum atomic E-state index is 14.7. The van der Waals surface area contributed by atoms with E-state index in [1.54, 1.807) is 14.2 Å². The van der Waals surface area contributed by atoms with Crippen molar-refractivity contribution in [2.75, 3.05) is 14.2 Å². The molecule has 3 aliphatic rings. The molecule has 4 atom stereocenters. The minimum absolute atomic E-state index is 0.105. The van der Waals surface area contributed by atoms with Crippen LogP contribution in [0.15, 0.2) is 97.1 Å². The highest BCUT2D eigenvalue weighted by Gasteiger charge is 2.44. The van der Waals surface area contributed by atoms with E-state index in [0.717, 1.165) is 96.7 Å². The van der Waals surface area contributed by atoms with Crippen LogP contribution < -0.4 is 9.47 Å². The lowest BCUT2D eigenvalue weighted by molar-refractivity contribution is 0.0299. The van der Waals surface area contributed by atoms with Crippen LogP contribution in [0.2, 0.25) is 0 Å². The molecule has 0 amide bonds. The lowest BCUT2D eigenvalue weighted by Gasteiger charge is -2.30. The van der Waals surface area contributed by atoms with Crippen LogP contribution in [0.3, 0.4) is 0 Å².